The van der Waals surface area contributed by atoms with Crippen molar-refractivity contribution in [2.45, 2.75) is 39.2 Å². The van der Waals surface area contributed by atoms with Crippen LogP contribution < -0.4 is 4.74 Å². The molecule has 1 aromatic rings. The molecule has 1 atom stereocenters. The van der Waals surface area contributed by atoms with E-state index in [9.17, 15) is 10.2 Å². The monoisotopic (exact) mass is 222 g/mol. The molecule has 1 aliphatic rings. The lowest BCUT2D eigenvalue weighted by atomic mass is 9.89. The summed E-state index contributed by atoms with van der Waals surface area (Å²) in [7, 11) is 0. The van der Waals surface area contributed by atoms with Crippen molar-refractivity contribution in [2.24, 2.45) is 0 Å². The number of ether oxygens (including phenoxy) is 1. The van der Waals surface area contributed by atoms with Crippen LogP contribution in [0.25, 0.3) is 0 Å². The minimum Gasteiger partial charge on any atom is -0.508 e. The Morgan fingerprint density at radius 3 is 2.75 bits per heavy atom. The molecule has 0 saturated carbocycles. The van der Waals surface area contributed by atoms with E-state index in [0.29, 0.717) is 5.75 Å². The predicted octanol–water partition coefficient (Wildman–Crippen LogP) is 2.09. The average molecular weight is 222 g/mol. The number of hydrogen-bond acceptors (Lipinski definition) is 3. The van der Waals surface area contributed by atoms with Crippen LogP contribution in [-0.2, 0) is 6.42 Å². The number of hydrogen-bond donors (Lipinski definition) is 2. The summed E-state index contributed by atoms with van der Waals surface area (Å²) in [6.45, 7) is 5.75. The fourth-order valence-corrected chi connectivity index (χ4v) is 2.18. The summed E-state index contributed by atoms with van der Waals surface area (Å²) in [6.07, 6.45) is 1.62. The highest BCUT2D eigenvalue weighted by atomic mass is 16.5. The van der Waals surface area contributed by atoms with E-state index in [0.717, 1.165) is 35.3 Å². The van der Waals surface area contributed by atoms with Crippen LogP contribution in [0.1, 0.15) is 30.0 Å². The molecule has 88 valence electrons. The number of aliphatic hydroxyl groups excluding tert-OH is 1. The molecular formula is C13H18O3. The molecule has 1 unspecified atom stereocenters. The smallest absolute Gasteiger partial charge is 0.129 e. The molecule has 0 amide bonds. The maximum absolute atomic E-state index is 9.74. The summed E-state index contributed by atoms with van der Waals surface area (Å²) in [5.41, 5.74) is 2.41. The second-order valence-corrected chi connectivity index (χ2v) is 4.86. The highest BCUT2D eigenvalue weighted by Gasteiger charge is 2.33. The number of aromatic hydroxyl groups is 1. The largest absolute Gasteiger partial charge is 0.508 e. The number of fused-ring (bicyclic) bond motifs is 1. The normalized spacial score (nSPS) is 23.8. The molecule has 2 rings (SSSR count). The van der Waals surface area contributed by atoms with Crippen molar-refractivity contribution < 1.29 is 14.9 Å². The molecule has 0 saturated heterocycles. The van der Waals surface area contributed by atoms with Gasteiger partial charge in [-0.05, 0) is 50.8 Å². The number of phenolic OH excluding ortho intramolecular Hbond substituents is 1. The minimum absolute atomic E-state index is 0.0196. The average Bonchev–Trinajstić information content (AvgIpc) is 2.26. The second-order valence-electron chi connectivity index (χ2n) is 4.86. The van der Waals surface area contributed by atoms with Crippen molar-refractivity contribution in [2.75, 3.05) is 6.61 Å². The molecule has 0 fully saturated rings. The molecule has 3 heteroatoms. The predicted molar refractivity (Wildman–Crippen MR) is 62.0 cm³/mol. The molecule has 0 spiro atoms. The van der Waals surface area contributed by atoms with Crippen molar-refractivity contribution in [3.63, 3.8) is 0 Å². The van der Waals surface area contributed by atoms with Crippen molar-refractivity contribution in [1.82, 2.24) is 0 Å². The van der Waals surface area contributed by atoms with Crippen LogP contribution in [0.3, 0.4) is 0 Å². The van der Waals surface area contributed by atoms with E-state index in [-0.39, 0.29) is 6.61 Å². The Morgan fingerprint density at radius 1 is 1.44 bits per heavy atom. The summed E-state index contributed by atoms with van der Waals surface area (Å²) < 4.78 is 5.87. The van der Waals surface area contributed by atoms with Crippen LogP contribution in [0.2, 0.25) is 0 Å². The van der Waals surface area contributed by atoms with Crippen LogP contribution in [0.15, 0.2) is 6.07 Å². The van der Waals surface area contributed by atoms with Crippen LogP contribution >= 0.6 is 0 Å². The van der Waals surface area contributed by atoms with E-state index < -0.39 is 5.60 Å². The maximum Gasteiger partial charge on any atom is 0.129 e. The first-order valence-corrected chi connectivity index (χ1v) is 5.59. The van der Waals surface area contributed by atoms with Crippen LogP contribution in [0.4, 0.5) is 0 Å². The first-order chi connectivity index (χ1) is 7.47. The fourth-order valence-electron chi connectivity index (χ4n) is 2.18. The molecule has 0 aliphatic carbocycles. The lowest BCUT2D eigenvalue weighted by Gasteiger charge is -2.36. The second kappa shape index (κ2) is 3.67. The van der Waals surface area contributed by atoms with Gasteiger partial charge in [0.2, 0.25) is 0 Å². The maximum atomic E-state index is 9.74. The van der Waals surface area contributed by atoms with E-state index >= 15 is 0 Å². The number of phenols is 1. The SMILES string of the molecule is Cc1cc(O)c(C)c2c1OC(C)(CO)CC2. The van der Waals surface area contributed by atoms with Gasteiger partial charge in [0.15, 0.2) is 0 Å². The molecule has 1 aliphatic heterocycles. The topological polar surface area (TPSA) is 49.7 Å². The van der Waals surface area contributed by atoms with E-state index in [1.807, 2.05) is 20.8 Å². The molecule has 0 bridgehead atoms. The van der Waals surface area contributed by atoms with E-state index in [2.05, 4.69) is 0 Å². The van der Waals surface area contributed by atoms with Gasteiger partial charge in [0, 0.05) is 5.56 Å². The van der Waals surface area contributed by atoms with Crippen molar-refractivity contribution in [3.8, 4) is 11.5 Å². The Labute approximate surface area is 95.7 Å². The first kappa shape index (κ1) is 11.3. The first-order valence-electron chi connectivity index (χ1n) is 5.59. The van der Waals surface area contributed by atoms with Crippen molar-refractivity contribution in [1.29, 1.82) is 0 Å². The van der Waals surface area contributed by atoms with Gasteiger partial charge in [-0.15, -0.1) is 0 Å². The Bertz CT molecular complexity index is 426. The molecule has 3 nitrogen and oxygen atoms in total. The Hall–Kier alpha value is -1.22. The van der Waals surface area contributed by atoms with Gasteiger partial charge in [0.1, 0.15) is 17.1 Å². The Morgan fingerprint density at radius 2 is 2.12 bits per heavy atom. The van der Waals surface area contributed by atoms with Gasteiger partial charge in [-0.3, -0.25) is 0 Å². The molecular weight excluding hydrogens is 204 g/mol. The van der Waals surface area contributed by atoms with E-state index in [1.54, 1.807) is 6.07 Å². The van der Waals surface area contributed by atoms with E-state index in [1.165, 1.54) is 0 Å². The highest BCUT2D eigenvalue weighted by molar-refractivity contribution is 5.53. The van der Waals surface area contributed by atoms with Gasteiger partial charge in [0.25, 0.3) is 0 Å². The van der Waals surface area contributed by atoms with Gasteiger partial charge < -0.3 is 14.9 Å². The molecule has 0 radical (unpaired) electrons. The molecule has 1 aromatic carbocycles. The van der Waals surface area contributed by atoms with Crippen LogP contribution in [-0.4, -0.2) is 22.4 Å². The lowest BCUT2D eigenvalue weighted by molar-refractivity contribution is 0.00726. The van der Waals surface area contributed by atoms with E-state index in [4.69, 9.17) is 4.74 Å². The summed E-state index contributed by atoms with van der Waals surface area (Å²) in [5, 5.41) is 19.1. The van der Waals surface area contributed by atoms with Crippen molar-refractivity contribution >= 4 is 0 Å². The third-order valence-corrected chi connectivity index (χ3v) is 3.41. The number of aryl methyl sites for hydroxylation is 1. The molecule has 0 aromatic heterocycles. The summed E-state index contributed by atoms with van der Waals surface area (Å²) in [6, 6.07) is 1.72. The Kier molecular flexibility index (Phi) is 2.58. The quantitative estimate of drug-likeness (QED) is 0.765. The molecule has 16 heavy (non-hydrogen) atoms. The fraction of sp³-hybridized carbons (Fsp3) is 0.538. The zero-order chi connectivity index (χ0) is 11.9. The van der Waals surface area contributed by atoms with Crippen LogP contribution in [0, 0.1) is 13.8 Å². The van der Waals surface area contributed by atoms with Gasteiger partial charge in [-0.25, -0.2) is 0 Å². The zero-order valence-corrected chi connectivity index (χ0v) is 10.0. The number of rotatable bonds is 1. The third kappa shape index (κ3) is 1.65. The van der Waals surface area contributed by atoms with Gasteiger partial charge in [0.05, 0.1) is 6.61 Å². The highest BCUT2D eigenvalue weighted by Crippen LogP contribution is 2.40. The minimum atomic E-state index is -0.485. The standard InChI is InChI=1S/C13H18O3/c1-8-6-11(15)9(2)10-4-5-13(3,7-14)16-12(8)10/h6,14-15H,4-5,7H2,1-3H3. The van der Waals surface area contributed by atoms with Gasteiger partial charge in [-0.1, -0.05) is 0 Å². The molecule has 2 N–H and O–H groups in total. The summed E-state index contributed by atoms with van der Waals surface area (Å²) in [5.74, 6) is 1.16. The summed E-state index contributed by atoms with van der Waals surface area (Å²) in [4.78, 5) is 0. The molecule has 1 heterocycles. The van der Waals surface area contributed by atoms with Crippen LogP contribution in [0.5, 0.6) is 11.5 Å². The Balaban J connectivity index is 2.51. The summed E-state index contributed by atoms with van der Waals surface area (Å²) >= 11 is 0. The lowest BCUT2D eigenvalue weighted by Crippen LogP contribution is -2.40. The van der Waals surface area contributed by atoms with Gasteiger partial charge >= 0.3 is 0 Å². The zero-order valence-electron chi connectivity index (χ0n) is 10.0. The number of benzene rings is 1. The number of aliphatic hydroxyl groups is 1. The van der Waals surface area contributed by atoms with Crippen molar-refractivity contribution in [3.05, 3.63) is 22.8 Å². The van der Waals surface area contributed by atoms with Gasteiger partial charge in [-0.2, -0.15) is 0 Å². The third-order valence-electron chi connectivity index (χ3n) is 3.41.